The van der Waals surface area contributed by atoms with Gasteiger partial charge in [-0.2, -0.15) is 0 Å². The van der Waals surface area contributed by atoms with Crippen LogP contribution < -0.4 is 5.32 Å². The average Bonchev–Trinajstić information content (AvgIpc) is 3.30. The first-order valence-corrected chi connectivity index (χ1v) is 28.7. The summed E-state index contributed by atoms with van der Waals surface area (Å²) in [6.07, 6.45) is 64.0. The summed E-state index contributed by atoms with van der Waals surface area (Å²) in [4.78, 5) is 12.6. The monoisotopic (exact) mass is 904 g/mol. The van der Waals surface area contributed by atoms with Gasteiger partial charge in [0.05, 0.1) is 18.8 Å². The molecular formula is C58H113NO5. The van der Waals surface area contributed by atoms with Gasteiger partial charge in [-0.3, -0.25) is 4.79 Å². The van der Waals surface area contributed by atoms with E-state index in [2.05, 4.69) is 43.5 Å². The van der Waals surface area contributed by atoms with Crippen LogP contribution in [0.3, 0.4) is 0 Å². The summed E-state index contributed by atoms with van der Waals surface area (Å²) >= 11 is 0. The predicted octanol–water partition coefficient (Wildman–Crippen LogP) is 16.6. The quantitative estimate of drug-likeness (QED) is 0.0308. The fourth-order valence-corrected chi connectivity index (χ4v) is 9.13. The Hall–Kier alpha value is -1.21. The Morgan fingerprint density at radius 3 is 0.984 bits per heavy atom. The molecule has 0 bridgehead atoms. The van der Waals surface area contributed by atoms with E-state index in [0.29, 0.717) is 19.3 Å². The van der Waals surface area contributed by atoms with Gasteiger partial charge in [0.15, 0.2) is 0 Å². The minimum Gasteiger partial charge on any atom is -0.394 e. The normalized spacial score (nSPS) is 13.9. The molecule has 0 aliphatic rings. The number of hydrogen-bond acceptors (Lipinski definition) is 5. The van der Waals surface area contributed by atoms with Gasteiger partial charge >= 0.3 is 0 Å². The molecule has 4 atom stereocenters. The molecule has 5 N–H and O–H groups in total. The summed E-state index contributed by atoms with van der Waals surface area (Å²) < 4.78 is 0. The zero-order valence-corrected chi connectivity index (χ0v) is 43.0. The Kier molecular flexibility index (Phi) is 51.8. The fraction of sp³-hybridized carbons (Fsp3) is 0.914. The number of hydrogen-bond donors (Lipinski definition) is 5. The zero-order valence-electron chi connectivity index (χ0n) is 43.0. The summed E-state index contributed by atoms with van der Waals surface area (Å²) in [5, 5.41) is 43.9. The summed E-state index contributed by atoms with van der Waals surface area (Å²) in [5.74, 6) is -0.592. The van der Waals surface area contributed by atoms with Gasteiger partial charge < -0.3 is 25.7 Å². The van der Waals surface area contributed by atoms with Crippen LogP contribution >= 0.6 is 0 Å². The van der Waals surface area contributed by atoms with Crippen molar-refractivity contribution in [2.24, 2.45) is 0 Å². The van der Waals surface area contributed by atoms with Gasteiger partial charge in [-0.25, -0.2) is 0 Å². The van der Waals surface area contributed by atoms with E-state index in [1.165, 1.54) is 238 Å². The molecule has 6 heteroatoms. The molecule has 0 saturated carbocycles. The Labute approximate surface area is 399 Å². The lowest BCUT2D eigenvalue weighted by Crippen LogP contribution is -2.53. The van der Waals surface area contributed by atoms with Crippen molar-refractivity contribution >= 4 is 5.91 Å². The molecule has 1 amide bonds. The molecule has 0 fully saturated rings. The Bertz CT molecular complexity index is 970. The topological polar surface area (TPSA) is 110 Å². The Balaban J connectivity index is 3.62. The van der Waals surface area contributed by atoms with Crippen molar-refractivity contribution in [3.05, 3.63) is 24.3 Å². The highest BCUT2D eigenvalue weighted by atomic mass is 16.3. The summed E-state index contributed by atoms with van der Waals surface area (Å²) in [6.45, 7) is 4.07. The molecule has 0 aliphatic carbocycles. The zero-order chi connectivity index (χ0) is 46.7. The van der Waals surface area contributed by atoms with Gasteiger partial charge in [-0.15, -0.1) is 0 Å². The molecule has 0 heterocycles. The van der Waals surface area contributed by atoms with E-state index in [1.807, 2.05) is 0 Å². The van der Waals surface area contributed by atoms with Crippen molar-refractivity contribution in [1.29, 1.82) is 0 Å². The second-order valence-electron chi connectivity index (χ2n) is 20.0. The first kappa shape index (κ1) is 62.8. The van der Waals surface area contributed by atoms with E-state index in [-0.39, 0.29) is 0 Å². The standard InChI is InChI=1S/C58H113NO5/c1-3-5-7-9-11-13-15-17-19-21-23-24-25-26-27-28-29-30-31-32-34-36-38-40-42-44-46-48-50-52-56(62)58(64)59-54(53-60)57(63)55(61)51-49-47-45-43-41-39-37-35-33-22-20-18-16-14-12-10-8-6-4-2/h35,37,43,45,54-57,60-63H,3-34,36,38-42,44,46-53H2,1-2H3,(H,59,64)/b37-35+,45-43+. The largest absolute Gasteiger partial charge is 0.394 e. The van der Waals surface area contributed by atoms with E-state index in [9.17, 15) is 25.2 Å². The van der Waals surface area contributed by atoms with Crippen molar-refractivity contribution in [2.75, 3.05) is 6.61 Å². The maximum atomic E-state index is 12.6. The lowest BCUT2D eigenvalue weighted by Gasteiger charge is -2.27. The molecule has 4 unspecified atom stereocenters. The number of carbonyl (C=O) groups excluding carboxylic acids is 1. The first-order chi connectivity index (χ1) is 31.5. The Morgan fingerprint density at radius 2 is 0.656 bits per heavy atom. The van der Waals surface area contributed by atoms with Crippen molar-refractivity contribution in [3.8, 4) is 0 Å². The summed E-state index contributed by atoms with van der Waals surface area (Å²) in [7, 11) is 0. The van der Waals surface area contributed by atoms with Crippen LogP contribution in [0.2, 0.25) is 0 Å². The van der Waals surface area contributed by atoms with Crippen molar-refractivity contribution in [3.63, 3.8) is 0 Å². The van der Waals surface area contributed by atoms with Crippen LogP contribution in [0, 0.1) is 0 Å². The minimum atomic E-state index is -1.29. The lowest BCUT2D eigenvalue weighted by atomic mass is 10.00. The lowest BCUT2D eigenvalue weighted by molar-refractivity contribution is -0.132. The summed E-state index contributed by atoms with van der Waals surface area (Å²) in [5.41, 5.74) is 0. The minimum absolute atomic E-state index is 0.365. The molecule has 0 aromatic rings. The van der Waals surface area contributed by atoms with E-state index >= 15 is 0 Å². The maximum absolute atomic E-state index is 12.6. The number of carbonyl (C=O) groups is 1. The number of aliphatic hydroxyl groups excluding tert-OH is 4. The molecule has 0 radical (unpaired) electrons. The Morgan fingerprint density at radius 1 is 0.375 bits per heavy atom. The van der Waals surface area contributed by atoms with Crippen molar-refractivity contribution < 1.29 is 25.2 Å². The van der Waals surface area contributed by atoms with Gasteiger partial charge in [0, 0.05) is 0 Å². The van der Waals surface area contributed by atoms with Crippen LogP contribution in [0.1, 0.15) is 309 Å². The third kappa shape index (κ3) is 45.9. The highest BCUT2D eigenvalue weighted by Crippen LogP contribution is 2.18. The highest BCUT2D eigenvalue weighted by Gasteiger charge is 2.28. The van der Waals surface area contributed by atoms with E-state index in [4.69, 9.17) is 0 Å². The number of rotatable bonds is 53. The maximum Gasteiger partial charge on any atom is 0.249 e. The smallest absolute Gasteiger partial charge is 0.249 e. The predicted molar refractivity (Wildman–Crippen MR) is 279 cm³/mol. The number of allylic oxidation sites excluding steroid dienone is 4. The third-order valence-corrected chi connectivity index (χ3v) is 13.6. The van der Waals surface area contributed by atoms with Crippen molar-refractivity contribution in [1.82, 2.24) is 5.32 Å². The second kappa shape index (κ2) is 52.8. The van der Waals surface area contributed by atoms with Gasteiger partial charge in [0.2, 0.25) is 5.91 Å². The number of aliphatic hydroxyl groups is 4. The molecule has 380 valence electrons. The van der Waals surface area contributed by atoms with Gasteiger partial charge in [-0.05, 0) is 51.4 Å². The average molecular weight is 905 g/mol. The molecule has 6 nitrogen and oxygen atoms in total. The first-order valence-electron chi connectivity index (χ1n) is 28.7. The molecular weight excluding hydrogens is 791 g/mol. The van der Waals surface area contributed by atoms with Crippen LogP contribution in [-0.4, -0.2) is 57.3 Å². The van der Waals surface area contributed by atoms with E-state index in [0.717, 1.165) is 38.5 Å². The van der Waals surface area contributed by atoms with Crippen LogP contribution in [0.5, 0.6) is 0 Å². The van der Waals surface area contributed by atoms with E-state index < -0.39 is 36.9 Å². The molecule has 0 aliphatic heterocycles. The molecule has 0 aromatic carbocycles. The van der Waals surface area contributed by atoms with Gasteiger partial charge in [0.1, 0.15) is 12.2 Å². The summed E-state index contributed by atoms with van der Waals surface area (Å²) in [6, 6.07) is -1.01. The molecule has 0 saturated heterocycles. The molecule has 0 spiro atoms. The molecule has 0 rings (SSSR count). The molecule has 64 heavy (non-hydrogen) atoms. The van der Waals surface area contributed by atoms with Crippen LogP contribution in [0.4, 0.5) is 0 Å². The van der Waals surface area contributed by atoms with Gasteiger partial charge in [-0.1, -0.05) is 282 Å². The van der Waals surface area contributed by atoms with Crippen LogP contribution in [0.25, 0.3) is 0 Å². The van der Waals surface area contributed by atoms with Gasteiger partial charge in [0.25, 0.3) is 0 Å². The highest BCUT2D eigenvalue weighted by molar-refractivity contribution is 5.80. The third-order valence-electron chi connectivity index (χ3n) is 13.6. The number of nitrogens with one attached hydrogen (secondary N) is 1. The van der Waals surface area contributed by atoms with E-state index in [1.54, 1.807) is 0 Å². The number of unbranched alkanes of at least 4 members (excludes halogenated alkanes) is 40. The molecule has 0 aromatic heterocycles. The van der Waals surface area contributed by atoms with Crippen molar-refractivity contribution in [2.45, 2.75) is 334 Å². The SMILES string of the molecule is CCCCCCCCCCCC/C=C/CC/C=C/CCCC(O)C(O)C(CO)NC(=O)C(O)CCCCCCCCCCCCCCCCCCCCCCCCCCCCCCC. The second-order valence-corrected chi connectivity index (χ2v) is 20.0. The van der Waals surface area contributed by atoms with Crippen LogP contribution in [0.15, 0.2) is 24.3 Å². The fourth-order valence-electron chi connectivity index (χ4n) is 9.13. The number of amides is 1. The van der Waals surface area contributed by atoms with Crippen LogP contribution in [-0.2, 0) is 4.79 Å².